The number of hydrogen-bond acceptors (Lipinski definition) is 4. The highest BCUT2D eigenvalue weighted by Gasteiger charge is 2.40. The number of hydrogen-bond donors (Lipinski definition) is 1. The Morgan fingerprint density at radius 3 is 2.59 bits per heavy atom. The highest BCUT2D eigenvalue weighted by atomic mass is 35.5. The highest BCUT2D eigenvalue weighted by Crippen LogP contribution is 2.48. The predicted octanol–water partition coefficient (Wildman–Crippen LogP) is 4.96. The molecule has 4 nitrogen and oxygen atoms in total. The van der Waals surface area contributed by atoms with Gasteiger partial charge >= 0.3 is 0 Å². The molecule has 0 aliphatic heterocycles. The van der Waals surface area contributed by atoms with Crippen molar-refractivity contribution >= 4 is 17.4 Å². The second-order valence-corrected chi connectivity index (χ2v) is 8.65. The molecular formula is C22H28ClN3O. The fraction of sp³-hybridized carbons (Fsp3) is 0.500. The Hall–Kier alpha value is -1.78. The Bertz CT molecular complexity index is 770. The van der Waals surface area contributed by atoms with Gasteiger partial charge in [0.25, 0.3) is 0 Å². The van der Waals surface area contributed by atoms with Crippen LogP contribution in [0.25, 0.3) is 0 Å². The summed E-state index contributed by atoms with van der Waals surface area (Å²) in [4.78, 5) is 12.3. The van der Waals surface area contributed by atoms with Gasteiger partial charge < -0.3 is 5.73 Å². The summed E-state index contributed by atoms with van der Waals surface area (Å²) in [7, 11) is 0. The largest absolute Gasteiger partial charge is 0.330 e. The van der Waals surface area contributed by atoms with Gasteiger partial charge in [-0.05, 0) is 67.7 Å². The number of nitrogens with zero attached hydrogens (tertiary/aromatic N) is 2. The van der Waals surface area contributed by atoms with E-state index in [1.54, 1.807) is 18.5 Å². The summed E-state index contributed by atoms with van der Waals surface area (Å²) in [5.74, 6) is 0.152. The minimum atomic E-state index is 0.0307. The minimum Gasteiger partial charge on any atom is -0.330 e. The van der Waals surface area contributed by atoms with Crippen molar-refractivity contribution in [1.82, 2.24) is 10.2 Å². The quantitative estimate of drug-likeness (QED) is 0.684. The van der Waals surface area contributed by atoms with Crippen LogP contribution in [0.15, 0.2) is 42.7 Å². The van der Waals surface area contributed by atoms with E-state index in [1.807, 2.05) is 12.1 Å². The third-order valence-corrected chi connectivity index (χ3v) is 6.57. The van der Waals surface area contributed by atoms with Gasteiger partial charge in [0.05, 0.1) is 12.4 Å². The molecule has 144 valence electrons. The van der Waals surface area contributed by atoms with E-state index in [4.69, 9.17) is 17.3 Å². The van der Waals surface area contributed by atoms with E-state index < -0.39 is 0 Å². The fourth-order valence-electron chi connectivity index (χ4n) is 4.29. The zero-order chi connectivity index (χ0) is 19.3. The Labute approximate surface area is 166 Å². The number of carbonyl (C=O) groups excluding carboxylic acids is 1. The van der Waals surface area contributed by atoms with Crippen LogP contribution in [0.3, 0.4) is 0 Å². The zero-order valence-corrected chi connectivity index (χ0v) is 16.7. The van der Waals surface area contributed by atoms with Gasteiger partial charge in [0.2, 0.25) is 0 Å². The average Bonchev–Trinajstić information content (AvgIpc) is 2.69. The first-order valence-electron chi connectivity index (χ1n) is 9.72. The highest BCUT2D eigenvalue weighted by molar-refractivity contribution is 6.30. The maximum absolute atomic E-state index is 12.3. The van der Waals surface area contributed by atoms with Crippen LogP contribution in [0.4, 0.5) is 0 Å². The molecule has 0 unspecified atom stereocenters. The molecule has 0 bridgehead atoms. The van der Waals surface area contributed by atoms with Crippen LogP contribution in [0.2, 0.25) is 5.02 Å². The second kappa shape index (κ2) is 8.49. The lowest BCUT2D eigenvalue weighted by atomic mass is 9.60. The smallest absolute Gasteiger partial charge is 0.164 e. The molecule has 2 aromatic rings. The normalized spacial score (nSPS) is 25.3. The first-order valence-corrected chi connectivity index (χ1v) is 10.1. The monoisotopic (exact) mass is 385 g/mol. The van der Waals surface area contributed by atoms with Crippen molar-refractivity contribution in [2.75, 3.05) is 6.54 Å². The van der Waals surface area contributed by atoms with E-state index in [1.165, 1.54) is 5.56 Å². The average molecular weight is 386 g/mol. The van der Waals surface area contributed by atoms with Crippen molar-refractivity contribution in [3.8, 4) is 0 Å². The second-order valence-electron chi connectivity index (χ2n) is 8.21. The van der Waals surface area contributed by atoms with Crippen molar-refractivity contribution in [2.24, 2.45) is 11.1 Å². The molecule has 2 N–H and O–H groups in total. The summed E-state index contributed by atoms with van der Waals surface area (Å²) < 4.78 is 0. The van der Waals surface area contributed by atoms with Crippen LogP contribution in [-0.4, -0.2) is 22.5 Å². The molecule has 1 aliphatic rings. The predicted molar refractivity (Wildman–Crippen MR) is 109 cm³/mol. The first kappa shape index (κ1) is 20.0. The first-order chi connectivity index (χ1) is 13.0. The Kier molecular flexibility index (Phi) is 6.28. The molecule has 1 aliphatic carbocycles. The summed E-state index contributed by atoms with van der Waals surface area (Å²) in [5, 5.41) is 8.29. The van der Waals surface area contributed by atoms with Crippen molar-refractivity contribution < 1.29 is 4.79 Å². The van der Waals surface area contributed by atoms with E-state index in [2.05, 4.69) is 29.3 Å². The number of Topliss-reactive ketones (excluding diaryl/α,β-unsaturated/α-hetero) is 1. The lowest BCUT2D eigenvalue weighted by Gasteiger charge is -2.45. The van der Waals surface area contributed by atoms with E-state index in [0.717, 1.165) is 43.5 Å². The van der Waals surface area contributed by atoms with Gasteiger partial charge in [0.15, 0.2) is 5.78 Å². The number of ketones is 1. The van der Waals surface area contributed by atoms with Crippen LogP contribution in [0, 0.1) is 5.41 Å². The van der Waals surface area contributed by atoms with Gasteiger partial charge in [-0.25, -0.2) is 0 Å². The molecule has 0 spiro atoms. The lowest BCUT2D eigenvalue weighted by Crippen LogP contribution is -2.41. The summed E-state index contributed by atoms with van der Waals surface area (Å²) in [6, 6.07) is 9.89. The molecular weight excluding hydrogens is 358 g/mol. The number of aromatic nitrogens is 2. The van der Waals surface area contributed by atoms with Crippen LogP contribution in [0.1, 0.15) is 67.8 Å². The van der Waals surface area contributed by atoms with Gasteiger partial charge in [0, 0.05) is 29.0 Å². The molecule has 1 heterocycles. The summed E-state index contributed by atoms with van der Waals surface area (Å²) in [5.41, 5.74) is 8.44. The fourth-order valence-corrected chi connectivity index (χ4v) is 4.48. The SMILES string of the molecule is CC1(CCCC(=O)c2ccnnc2)CCC(CN)(c2cccc(Cl)c2)CC1. The van der Waals surface area contributed by atoms with Gasteiger partial charge in [-0.3, -0.25) is 4.79 Å². The molecule has 0 atom stereocenters. The maximum atomic E-state index is 12.3. The van der Waals surface area contributed by atoms with E-state index in [0.29, 0.717) is 18.5 Å². The Morgan fingerprint density at radius 1 is 1.19 bits per heavy atom. The molecule has 5 heteroatoms. The topological polar surface area (TPSA) is 68.9 Å². The molecule has 1 saturated carbocycles. The van der Waals surface area contributed by atoms with Gasteiger partial charge in [-0.2, -0.15) is 10.2 Å². The Balaban J connectivity index is 1.56. The third-order valence-electron chi connectivity index (χ3n) is 6.33. The minimum absolute atomic E-state index is 0.0307. The molecule has 0 amide bonds. The van der Waals surface area contributed by atoms with Crippen LogP contribution in [-0.2, 0) is 5.41 Å². The molecule has 0 saturated heterocycles. The van der Waals surface area contributed by atoms with Gasteiger partial charge in [-0.15, -0.1) is 0 Å². The van der Waals surface area contributed by atoms with Crippen molar-refractivity contribution in [3.63, 3.8) is 0 Å². The molecule has 3 rings (SSSR count). The number of halogens is 1. The molecule has 27 heavy (non-hydrogen) atoms. The standard InChI is InChI=1S/C22H28ClN3O/c1-21(8-3-6-20(27)17-7-13-25-26-15-17)9-11-22(16-24,12-10-21)18-4-2-5-19(23)14-18/h2,4-5,7,13-15H,3,6,8-12,16,24H2,1H3. The van der Waals surface area contributed by atoms with E-state index >= 15 is 0 Å². The summed E-state index contributed by atoms with van der Waals surface area (Å²) in [6.07, 6.45) is 10.0. The third kappa shape index (κ3) is 4.74. The number of nitrogens with two attached hydrogens (primary N) is 1. The summed E-state index contributed by atoms with van der Waals surface area (Å²) >= 11 is 6.21. The number of rotatable bonds is 7. The van der Waals surface area contributed by atoms with Crippen LogP contribution in [0.5, 0.6) is 0 Å². The van der Waals surface area contributed by atoms with Crippen molar-refractivity contribution in [1.29, 1.82) is 0 Å². The molecule has 1 fully saturated rings. The zero-order valence-electron chi connectivity index (χ0n) is 16.0. The molecule has 1 aromatic heterocycles. The van der Waals surface area contributed by atoms with Crippen molar-refractivity contribution in [2.45, 2.75) is 57.3 Å². The summed E-state index contributed by atoms with van der Waals surface area (Å²) in [6.45, 7) is 3.00. The molecule has 0 radical (unpaired) electrons. The van der Waals surface area contributed by atoms with Gasteiger partial charge in [0.1, 0.15) is 0 Å². The number of benzene rings is 1. The Morgan fingerprint density at radius 2 is 1.96 bits per heavy atom. The van der Waals surface area contributed by atoms with Crippen molar-refractivity contribution in [3.05, 3.63) is 58.9 Å². The van der Waals surface area contributed by atoms with Crippen LogP contribution >= 0.6 is 11.6 Å². The van der Waals surface area contributed by atoms with E-state index in [9.17, 15) is 4.79 Å². The van der Waals surface area contributed by atoms with Gasteiger partial charge in [-0.1, -0.05) is 30.7 Å². The lowest BCUT2D eigenvalue weighted by molar-refractivity contribution is 0.0957. The van der Waals surface area contributed by atoms with Crippen LogP contribution < -0.4 is 5.73 Å². The molecule has 1 aromatic carbocycles. The number of carbonyl (C=O) groups is 1. The maximum Gasteiger partial charge on any atom is 0.164 e. The van der Waals surface area contributed by atoms with E-state index in [-0.39, 0.29) is 16.6 Å².